The number of benzene rings is 2. The Hall–Kier alpha value is -2.13. The summed E-state index contributed by atoms with van der Waals surface area (Å²) in [5.41, 5.74) is 1.95. The molecule has 3 nitrogen and oxygen atoms in total. The highest BCUT2D eigenvalue weighted by Gasteiger charge is 2.40. The monoisotopic (exact) mass is 309 g/mol. The Labute approximate surface area is 137 Å². The Morgan fingerprint density at radius 2 is 1.61 bits per heavy atom. The van der Waals surface area contributed by atoms with E-state index in [1.165, 1.54) is 11.1 Å². The molecule has 3 heteroatoms. The summed E-state index contributed by atoms with van der Waals surface area (Å²) in [6.45, 7) is 4.18. The second-order valence-electron chi connectivity index (χ2n) is 6.72. The number of nitrogens with zero attached hydrogens (tertiary/aromatic N) is 1. The third-order valence-electron chi connectivity index (χ3n) is 4.91. The van der Waals surface area contributed by atoms with Gasteiger partial charge in [-0.25, -0.2) is 0 Å². The number of carbonyl (C=O) groups is 1. The second kappa shape index (κ2) is 6.55. The SMILES string of the molecule is CC1(C(=O)O)CCN(CC(c2ccccc2)c2ccccc2)C1. The van der Waals surface area contributed by atoms with Gasteiger partial charge in [0.1, 0.15) is 0 Å². The molecule has 120 valence electrons. The molecule has 1 N–H and O–H groups in total. The zero-order chi connectivity index (χ0) is 16.3. The van der Waals surface area contributed by atoms with Crippen LogP contribution < -0.4 is 0 Å². The first-order valence-corrected chi connectivity index (χ1v) is 8.14. The lowest BCUT2D eigenvalue weighted by atomic mass is 9.89. The van der Waals surface area contributed by atoms with E-state index < -0.39 is 11.4 Å². The van der Waals surface area contributed by atoms with E-state index >= 15 is 0 Å². The van der Waals surface area contributed by atoms with Gasteiger partial charge in [-0.15, -0.1) is 0 Å². The zero-order valence-electron chi connectivity index (χ0n) is 13.5. The van der Waals surface area contributed by atoms with Gasteiger partial charge in [0.15, 0.2) is 0 Å². The van der Waals surface area contributed by atoms with Crippen molar-refractivity contribution in [2.24, 2.45) is 5.41 Å². The second-order valence-corrected chi connectivity index (χ2v) is 6.72. The predicted molar refractivity (Wildman–Crippen MR) is 91.5 cm³/mol. The van der Waals surface area contributed by atoms with Gasteiger partial charge in [0.25, 0.3) is 0 Å². The summed E-state index contributed by atoms with van der Waals surface area (Å²) in [7, 11) is 0. The number of hydrogen-bond donors (Lipinski definition) is 1. The third-order valence-corrected chi connectivity index (χ3v) is 4.91. The van der Waals surface area contributed by atoms with Crippen LogP contribution in [0.25, 0.3) is 0 Å². The summed E-state index contributed by atoms with van der Waals surface area (Å²) in [4.78, 5) is 13.8. The van der Waals surface area contributed by atoms with Crippen molar-refractivity contribution in [3.63, 3.8) is 0 Å². The van der Waals surface area contributed by atoms with Crippen LogP contribution in [-0.2, 0) is 4.79 Å². The molecule has 0 spiro atoms. The molecule has 1 aliphatic heterocycles. The molecule has 1 atom stereocenters. The van der Waals surface area contributed by atoms with Crippen LogP contribution in [0.4, 0.5) is 0 Å². The first-order chi connectivity index (χ1) is 11.1. The van der Waals surface area contributed by atoms with Crippen molar-refractivity contribution in [3.8, 4) is 0 Å². The standard InChI is InChI=1S/C20H23NO2/c1-20(19(22)23)12-13-21(15-20)14-18(16-8-4-2-5-9-16)17-10-6-3-7-11-17/h2-11,18H,12-15H2,1H3,(H,22,23). The maximum atomic E-state index is 11.5. The van der Waals surface area contributed by atoms with Crippen LogP contribution in [0.2, 0.25) is 0 Å². The summed E-state index contributed by atoms with van der Waals surface area (Å²) >= 11 is 0. The fourth-order valence-corrected chi connectivity index (χ4v) is 3.42. The molecule has 0 bridgehead atoms. The van der Waals surface area contributed by atoms with E-state index in [0.717, 1.165) is 19.5 Å². The molecule has 1 unspecified atom stereocenters. The van der Waals surface area contributed by atoms with E-state index in [9.17, 15) is 9.90 Å². The fourth-order valence-electron chi connectivity index (χ4n) is 3.42. The molecule has 0 radical (unpaired) electrons. The van der Waals surface area contributed by atoms with Crippen molar-refractivity contribution in [1.29, 1.82) is 0 Å². The van der Waals surface area contributed by atoms with E-state index in [1.54, 1.807) is 0 Å². The first-order valence-electron chi connectivity index (χ1n) is 8.14. The average Bonchev–Trinajstić information content (AvgIpc) is 2.97. The van der Waals surface area contributed by atoms with Crippen molar-refractivity contribution < 1.29 is 9.90 Å². The Morgan fingerprint density at radius 3 is 2.04 bits per heavy atom. The summed E-state index contributed by atoms with van der Waals surface area (Å²) < 4.78 is 0. The van der Waals surface area contributed by atoms with Crippen LogP contribution in [0.15, 0.2) is 60.7 Å². The van der Waals surface area contributed by atoms with Gasteiger partial charge in [-0.3, -0.25) is 4.79 Å². The largest absolute Gasteiger partial charge is 0.481 e. The fraction of sp³-hybridized carbons (Fsp3) is 0.350. The summed E-state index contributed by atoms with van der Waals surface area (Å²) in [6.07, 6.45) is 0.721. The molecule has 2 aromatic carbocycles. The average molecular weight is 309 g/mol. The molecule has 0 amide bonds. The van der Waals surface area contributed by atoms with Gasteiger partial charge in [0.05, 0.1) is 5.41 Å². The lowest BCUT2D eigenvalue weighted by Gasteiger charge is -2.26. The topological polar surface area (TPSA) is 40.5 Å². The molecule has 1 saturated heterocycles. The minimum absolute atomic E-state index is 0.272. The van der Waals surface area contributed by atoms with Crippen LogP contribution in [0.5, 0.6) is 0 Å². The van der Waals surface area contributed by atoms with Gasteiger partial charge >= 0.3 is 5.97 Å². The summed E-state index contributed by atoms with van der Waals surface area (Å²) in [5.74, 6) is -0.412. The molecular weight excluding hydrogens is 286 g/mol. The Kier molecular flexibility index (Phi) is 4.49. The normalized spacial score (nSPS) is 21.7. The van der Waals surface area contributed by atoms with Crippen LogP contribution in [0, 0.1) is 5.41 Å². The molecular formula is C20H23NO2. The van der Waals surface area contributed by atoms with Gasteiger partial charge in [-0.1, -0.05) is 60.7 Å². The van der Waals surface area contributed by atoms with Crippen molar-refractivity contribution in [3.05, 3.63) is 71.8 Å². The summed E-state index contributed by atoms with van der Waals surface area (Å²) in [6, 6.07) is 21.0. The molecule has 2 aromatic rings. The van der Waals surface area contributed by atoms with E-state index in [1.807, 2.05) is 19.1 Å². The minimum Gasteiger partial charge on any atom is -0.481 e. The summed E-state index contributed by atoms with van der Waals surface area (Å²) in [5, 5.41) is 9.43. The lowest BCUT2D eigenvalue weighted by molar-refractivity contribution is -0.147. The number of carboxylic acids is 1. The highest BCUT2D eigenvalue weighted by molar-refractivity contribution is 5.74. The lowest BCUT2D eigenvalue weighted by Crippen LogP contribution is -2.33. The predicted octanol–water partition coefficient (Wildman–Crippen LogP) is 3.62. The highest BCUT2D eigenvalue weighted by atomic mass is 16.4. The minimum atomic E-state index is -0.684. The molecule has 1 heterocycles. The van der Waals surface area contributed by atoms with Crippen LogP contribution in [-0.4, -0.2) is 35.6 Å². The van der Waals surface area contributed by atoms with Gasteiger partial charge in [-0.2, -0.15) is 0 Å². The Balaban J connectivity index is 1.82. The van der Waals surface area contributed by atoms with Crippen LogP contribution in [0.1, 0.15) is 30.4 Å². The number of likely N-dealkylation sites (tertiary alicyclic amines) is 1. The maximum absolute atomic E-state index is 11.5. The van der Waals surface area contributed by atoms with E-state index in [-0.39, 0.29) is 5.92 Å². The van der Waals surface area contributed by atoms with Gasteiger partial charge in [-0.05, 0) is 31.0 Å². The van der Waals surface area contributed by atoms with E-state index in [0.29, 0.717) is 6.54 Å². The number of aliphatic carboxylic acids is 1. The van der Waals surface area contributed by atoms with Crippen molar-refractivity contribution >= 4 is 5.97 Å². The smallest absolute Gasteiger partial charge is 0.310 e. The quantitative estimate of drug-likeness (QED) is 0.917. The molecule has 1 aliphatic rings. The maximum Gasteiger partial charge on any atom is 0.310 e. The van der Waals surface area contributed by atoms with Crippen LogP contribution >= 0.6 is 0 Å². The zero-order valence-corrected chi connectivity index (χ0v) is 13.5. The Bertz CT molecular complexity index is 616. The van der Waals surface area contributed by atoms with Crippen molar-refractivity contribution in [1.82, 2.24) is 4.90 Å². The molecule has 1 fully saturated rings. The molecule has 23 heavy (non-hydrogen) atoms. The van der Waals surface area contributed by atoms with E-state index in [2.05, 4.69) is 53.4 Å². The highest BCUT2D eigenvalue weighted by Crippen LogP contribution is 2.33. The molecule has 3 rings (SSSR count). The van der Waals surface area contributed by atoms with Gasteiger partial charge in [0.2, 0.25) is 0 Å². The number of hydrogen-bond acceptors (Lipinski definition) is 2. The number of carboxylic acid groups (broad SMARTS) is 1. The van der Waals surface area contributed by atoms with Gasteiger partial charge in [0, 0.05) is 19.0 Å². The molecule has 0 aromatic heterocycles. The van der Waals surface area contributed by atoms with Gasteiger partial charge < -0.3 is 10.0 Å². The molecule has 0 aliphatic carbocycles. The van der Waals surface area contributed by atoms with Crippen LogP contribution in [0.3, 0.4) is 0 Å². The Morgan fingerprint density at radius 1 is 1.09 bits per heavy atom. The van der Waals surface area contributed by atoms with Crippen molar-refractivity contribution in [2.75, 3.05) is 19.6 Å². The molecule has 0 saturated carbocycles. The number of rotatable bonds is 5. The first kappa shape index (κ1) is 15.8. The third kappa shape index (κ3) is 3.45. The van der Waals surface area contributed by atoms with Crippen molar-refractivity contribution in [2.45, 2.75) is 19.3 Å². The van der Waals surface area contributed by atoms with E-state index in [4.69, 9.17) is 0 Å².